The summed E-state index contributed by atoms with van der Waals surface area (Å²) in [5, 5.41) is 10.8. The van der Waals surface area contributed by atoms with Gasteiger partial charge in [0, 0.05) is 22.6 Å². The molecule has 1 aromatic heterocycles. The van der Waals surface area contributed by atoms with E-state index in [9.17, 15) is 4.91 Å². The van der Waals surface area contributed by atoms with Crippen LogP contribution in [-0.4, -0.2) is 15.1 Å². The summed E-state index contributed by atoms with van der Waals surface area (Å²) in [6, 6.07) is 5.28. The molecule has 76 valence electrons. The van der Waals surface area contributed by atoms with Crippen molar-refractivity contribution in [1.82, 2.24) is 4.98 Å². The summed E-state index contributed by atoms with van der Waals surface area (Å²) in [6.45, 7) is 1.77. The molecule has 1 N–H and O–H groups in total. The van der Waals surface area contributed by atoms with E-state index in [-0.39, 0.29) is 10.6 Å². The van der Waals surface area contributed by atoms with E-state index in [0.717, 1.165) is 16.8 Å². The minimum absolute atomic E-state index is 0.120. The van der Waals surface area contributed by atoms with Crippen LogP contribution in [-0.2, 0) is 0 Å². The molecular formula is C10H9N2O2S+. The molecule has 0 aliphatic heterocycles. The highest BCUT2D eigenvalue weighted by atomic mass is 32.1. The Kier molecular flexibility index (Phi) is 2.47. The van der Waals surface area contributed by atoms with Gasteiger partial charge in [0.2, 0.25) is 0 Å². The largest absolute Gasteiger partial charge is 0.320 e. The van der Waals surface area contributed by atoms with Crippen LogP contribution in [0.2, 0.25) is 0 Å². The lowest BCUT2D eigenvalue weighted by atomic mass is 10.1. The summed E-state index contributed by atoms with van der Waals surface area (Å²) in [6.07, 6.45) is 0. The van der Waals surface area contributed by atoms with E-state index in [1.807, 2.05) is 11.4 Å². The third-order valence-electron chi connectivity index (χ3n) is 2.14. The van der Waals surface area contributed by atoms with Crippen LogP contribution in [0.25, 0.3) is 11.3 Å². The fourth-order valence-electron chi connectivity index (χ4n) is 1.33. The molecule has 0 radical (unpaired) electrons. The molecule has 5 heteroatoms. The van der Waals surface area contributed by atoms with Gasteiger partial charge in [0.05, 0.1) is 16.1 Å². The van der Waals surface area contributed by atoms with E-state index in [1.165, 1.54) is 11.3 Å². The molecule has 0 aliphatic rings. The van der Waals surface area contributed by atoms with Gasteiger partial charge in [-0.25, -0.2) is 10.2 Å². The minimum Gasteiger partial charge on any atom is -0.245 e. The maximum atomic E-state index is 10.8. The van der Waals surface area contributed by atoms with Gasteiger partial charge in [-0.2, -0.15) is 0 Å². The highest BCUT2D eigenvalue weighted by Crippen LogP contribution is 2.25. The maximum absolute atomic E-state index is 10.8. The van der Waals surface area contributed by atoms with Crippen molar-refractivity contribution in [2.75, 3.05) is 0 Å². The van der Waals surface area contributed by atoms with Crippen LogP contribution >= 0.6 is 11.3 Å². The predicted octanol–water partition coefficient (Wildman–Crippen LogP) is 2.92. The molecule has 0 spiro atoms. The van der Waals surface area contributed by atoms with Crippen molar-refractivity contribution in [3.63, 3.8) is 0 Å². The first-order chi connectivity index (χ1) is 7.18. The summed E-state index contributed by atoms with van der Waals surface area (Å²) < 4.78 is 0. The first-order valence-electron chi connectivity index (χ1n) is 4.34. The number of thiazole rings is 1. The number of aryl methyl sites for hydroxylation is 1. The van der Waals surface area contributed by atoms with Gasteiger partial charge in [-0.1, -0.05) is 12.1 Å². The minimum atomic E-state index is -0.120. The van der Waals surface area contributed by atoms with Gasteiger partial charge in [0.15, 0.2) is 0 Å². The molecule has 0 saturated heterocycles. The number of benzene rings is 1. The Morgan fingerprint density at radius 2 is 2.27 bits per heavy atom. The fraction of sp³-hybridized carbons (Fsp3) is 0.100. The predicted molar refractivity (Wildman–Crippen MR) is 57.4 cm³/mol. The van der Waals surface area contributed by atoms with E-state index >= 15 is 0 Å². The van der Waals surface area contributed by atoms with Crippen LogP contribution in [0.3, 0.4) is 0 Å². The molecule has 4 nitrogen and oxygen atoms in total. The average molecular weight is 221 g/mol. The van der Waals surface area contributed by atoms with E-state index in [2.05, 4.69) is 4.98 Å². The molecule has 0 amide bonds. The first-order valence-corrected chi connectivity index (χ1v) is 5.28. The lowest BCUT2D eigenvalue weighted by Crippen LogP contribution is -1.95. The zero-order valence-corrected chi connectivity index (χ0v) is 8.86. The third kappa shape index (κ3) is 1.87. The van der Waals surface area contributed by atoms with Gasteiger partial charge in [-0.3, -0.25) is 0 Å². The Bertz CT molecular complexity index is 494. The monoisotopic (exact) mass is 221 g/mol. The Hall–Kier alpha value is -1.75. The van der Waals surface area contributed by atoms with Crippen molar-refractivity contribution in [2.45, 2.75) is 6.92 Å². The van der Waals surface area contributed by atoms with Crippen molar-refractivity contribution in [2.24, 2.45) is 0 Å². The number of rotatable bonds is 2. The molecule has 1 aromatic carbocycles. The molecule has 0 aliphatic carbocycles. The van der Waals surface area contributed by atoms with Crippen LogP contribution < -0.4 is 0 Å². The van der Waals surface area contributed by atoms with Gasteiger partial charge in [0.25, 0.3) is 4.92 Å². The lowest BCUT2D eigenvalue weighted by molar-refractivity contribution is -0.730. The van der Waals surface area contributed by atoms with Crippen LogP contribution in [0.15, 0.2) is 29.1 Å². The molecule has 0 fully saturated rings. The molecular weight excluding hydrogens is 212 g/mol. The third-order valence-corrected chi connectivity index (χ3v) is 2.73. The topological polar surface area (TPSA) is 53.2 Å². The number of hydrogen-bond acceptors (Lipinski definition) is 3. The standard InChI is InChI=1S/C10H9N2O2S/c1-7-2-3-8(4-10(7)12(13)14)9-5-15-6-11-9/h2-6H,1H3,(H,13,14)/q+1. The Labute approximate surface area is 90.4 Å². The SMILES string of the molecule is Cc1ccc(-c2cscn2)cc1[N+](=O)O. The highest BCUT2D eigenvalue weighted by Gasteiger charge is 2.17. The van der Waals surface area contributed by atoms with Gasteiger partial charge in [-0.05, 0) is 6.92 Å². The summed E-state index contributed by atoms with van der Waals surface area (Å²) in [5.41, 5.74) is 4.34. The molecule has 1 heterocycles. The molecule has 0 saturated carbocycles. The Balaban J connectivity index is 2.52. The zero-order valence-electron chi connectivity index (χ0n) is 8.04. The van der Waals surface area contributed by atoms with Crippen LogP contribution in [0.5, 0.6) is 0 Å². The highest BCUT2D eigenvalue weighted by molar-refractivity contribution is 7.07. The molecule has 15 heavy (non-hydrogen) atoms. The molecule has 0 unspecified atom stereocenters. The van der Waals surface area contributed by atoms with Crippen molar-refractivity contribution < 1.29 is 10.1 Å². The van der Waals surface area contributed by atoms with Crippen LogP contribution in [0, 0.1) is 11.8 Å². The van der Waals surface area contributed by atoms with Crippen molar-refractivity contribution in [3.8, 4) is 11.3 Å². The van der Waals surface area contributed by atoms with E-state index in [1.54, 1.807) is 24.6 Å². The fourth-order valence-corrected chi connectivity index (χ4v) is 1.89. The smallest absolute Gasteiger partial charge is 0.245 e. The molecule has 2 rings (SSSR count). The molecule has 0 atom stereocenters. The summed E-state index contributed by atoms with van der Waals surface area (Å²) in [4.78, 5) is 14.9. The van der Waals surface area contributed by atoms with E-state index in [0.29, 0.717) is 0 Å². The van der Waals surface area contributed by atoms with Crippen molar-refractivity contribution in [1.29, 1.82) is 0 Å². The average Bonchev–Trinajstić information content (AvgIpc) is 2.71. The van der Waals surface area contributed by atoms with Crippen molar-refractivity contribution >= 4 is 17.0 Å². The quantitative estimate of drug-likeness (QED) is 0.793. The lowest BCUT2D eigenvalue weighted by Gasteiger charge is -1.97. The van der Waals surface area contributed by atoms with E-state index < -0.39 is 0 Å². The first kappa shape index (κ1) is 9.79. The van der Waals surface area contributed by atoms with Crippen LogP contribution in [0.1, 0.15) is 5.56 Å². The second-order valence-corrected chi connectivity index (χ2v) is 3.87. The van der Waals surface area contributed by atoms with Gasteiger partial charge in [-0.15, -0.1) is 11.3 Å². The molecule has 0 bridgehead atoms. The number of hydrogen-bond donors (Lipinski definition) is 1. The van der Waals surface area contributed by atoms with Gasteiger partial charge >= 0.3 is 5.69 Å². The Morgan fingerprint density at radius 1 is 1.47 bits per heavy atom. The molecule has 2 aromatic rings. The van der Waals surface area contributed by atoms with Gasteiger partial charge in [0.1, 0.15) is 0 Å². The Morgan fingerprint density at radius 3 is 2.87 bits per heavy atom. The summed E-state index contributed by atoms with van der Waals surface area (Å²) in [5.74, 6) is 0. The maximum Gasteiger partial charge on any atom is 0.320 e. The summed E-state index contributed by atoms with van der Waals surface area (Å²) in [7, 11) is 0. The second-order valence-electron chi connectivity index (χ2n) is 3.15. The number of nitrogens with zero attached hydrogens (tertiary/aromatic N) is 2. The summed E-state index contributed by atoms with van der Waals surface area (Å²) >= 11 is 1.49. The van der Waals surface area contributed by atoms with Crippen molar-refractivity contribution in [3.05, 3.63) is 39.6 Å². The second kappa shape index (κ2) is 3.78. The normalized spacial score (nSPS) is 10.2. The van der Waals surface area contributed by atoms with Gasteiger partial charge < -0.3 is 0 Å². The van der Waals surface area contributed by atoms with E-state index in [4.69, 9.17) is 5.21 Å². The number of aromatic nitrogens is 1. The zero-order chi connectivity index (χ0) is 10.8. The van der Waals surface area contributed by atoms with Crippen LogP contribution in [0.4, 0.5) is 5.69 Å².